The van der Waals surface area contributed by atoms with Crippen LogP contribution in [0.4, 0.5) is 0 Å². The summed E-state index contributed by atoms with van der Waals surface area (Å²) >= 11 is 0. The number of ketones is 1. The number of imidazole rings is 2. The quantitative estimate of drug-likeness (QED) is 0.792. The SMILES string of the molecule is Cc1ncc(C(C)C(=O)C(C)c2cnc(C)n2C(C)C)n1C(C)C. The van der Waals surface area contributed by atoms with Gasteiger partial charge in [-0.05, 0) is 55.4 Å². The second-order valence-corrected chi connectivity index (χ2v) is 7.23. The van der Waals surface area contributed by atoms with E-state index in [1.807, 2.05) is 40.1 Å². The second-order valence-electron chi connectivity index (χ2n) is 7.23. The van der Waals surface area contributed by atoms with Gasteiger partial charge in [-0.3, -0.25) is 4.79 Å². The van der Waals surface area contributed by atoms with Gasteiger partial charge in [0, 0.05) is 35.9 Å². The average molecular weight is 330 g/mol. The summed E-state index contributed by atoms with van der Waals surface area (Å²) in [6.45, 7) is 16.4. The number of hydrogen-bond acceptors (Lipinski definition) is 3. The molecular weight excluding hydrogens is 300 g/mol. The molecule has 0 amide bonds. The molecule has 0 fully saturated rings. The first kappa shape index (κ1) is 18.4. The first-order valence-corrected chi connectivity index (χ1v) is 8.77. The molecule has 0 saturated carbocycles. The summed E-state index contributed by atoms with van der Waals surface area (Å²) in [7, 11) is 0. The summed E-state index contributed by atoms with van der Waals surface area (Å²) in [5.41, 5.74) is 1.98. The standard InChI is InChI=1S/C19H30N4O/c1-11(2)22-15(7)20-9-17(22)13(5)19(24)14(6)18-10-21-16(8)23(18)12(3)4/h9-14H,1-8H3. The number of rotatable bonds is 6. The lowest BCUT2D eigenvalue weighted by Crippen LogP contribution is -2.22. The van der Waals surface area contributed by atoms with Gasteiger partial charge in [0.1, 0.15) is 17.4 Å². The van der Waals surface area contributed by atoms with Crippen LogP contribution in [0.1, 0.15) is 88.5 Å². The summed E-state index contributed by atoms with van der Waals surface area (Å²) in [5.74, 6) is 1.73. The number of Topliss-reactive ketones (excluding diaryl/α,β-unsaturated/α-hetero) is 1. The average Bonchev–Trinajstić information content (AvgIpc) is 3.07. The first-order chi connectivity index (χ1) is 11.2. The Balaban J connectivity index is 2.35. The summed E-state index contributed by atoms with van der Waals surface area (Å²) in [5, 5.41) is 0. The molecule has 0 aromatic carbocycles. The fraction of sp³-hybridized carbons (Fsp3) is 0.632. The van der Waals surface area contributed by atoms with E-state index in [1.165, 1.54) is 0 Å². The van der Waals surface area contributed by atoms with E-state index in [9.17, 15) is 4.79 Å². The number of carbonyl (C=O) groups is 1. The zero-order valence-electron chi connectivity index (χ0n) is 16.2. The van der Waals surface area contributed by atoms with Crippen molar-refractivity contribution in [1.82, 2.24) is 19.1 Å². The lowest BCUT2D eigenvalue weighted by molar-refractivity contribution is -0.121. The molecule has 132 valence electrons. The topological polar surface area (TPSA) is 52.7 Å². The summed E-state index contributed by atoms with van der Waals surface area (Å²) in [6.07, 6.45) is 3.69. The third-order valence-corrected chi connectivity index (χ3v) is 4.79. The van der Waals surface area contributed by atoms with E-state index in [2.05, 4.69) is 46.8 Å². The van der Waals surface area contributed by atoms with E-state index < -0.39 is 0 Å². The first-order valence-electron chi connectivity index (χ1n) is 8.77. The molecule has 0 spiro atoms. The molecule has 5 nitrogen and oxygen atoms in total. The third kappa shape index (κ3) is 3.17. The van der Waals surface area contributed by atoms with E-state index >= 15 is 0 Å². The van der Waals surface area contributed by atoms with Crippen LogP contribution >= 0.6 is 0 Å². The predicted octanol–water partition coefficient (Wildman–Crippen LogP) is 4.33. The highest BCUT2D eigenvalue weighted by Crippen LogP contribution is 2.30. The van der Waals surface area contributed by atoms with Crippen molar-refractivity contribution >= 4 is 5.78 Å². The molecule has 0 radical (unpaired) electrons. The Hall–Kier alpha value is -1.91. The maximum Gasteiger partial charge on any atom is 0.150 e. The normalized spacial score (nSPS) is 14.4. The van der Waals surface area contributed by atoms with Gasteiger partial charge in [0.2, 0.25) is 0 Å². The molecule has 0 bridgehead atoms. The maximum absolute atomic E-state index is 13.1. The van der Waals surface area contributed by atoms with Crippen LogP contribution in [0.15, 0.2) is 12.4 Å². The number of aromatic nitrogens is 4. The van der Waals surface area contributed by atoms with Crippen LogP contribution < -0.4 is 0 Å². The molecule has 5 heteroatoms. The monoisotopic (exact) mass is 330 g/mol. The minimum atomic E-state index is -0.195. The van der Waals surface area contributed by atoms with Crippen molar-refractivity contribution in [2.45, 2.75) is 79.3 Å². The lowest BCUT2D eigenvalue weighted by Gasteiger charge is -2.22. The summed E-state index contributed by atoms with van der Waals surface area (Å²) in [4.78, 5) is 22.0. The Bertz CT molecular complexity index is 664. The Morgan fingerprint density at radius 3 is 1.42 bits per heavy atom. The van der Waals surface area contributed by atoms with Crippen LogP contribution in [0.3, 0.4) is 0 Å². The van der Waals surface area contributed by atoms with Gasteiger partial charge in [-0.2, -0.15) is 0 Å². The van der Waals surface area contributed by atoms with Crippen LogP contribution in [0.2, 0.25) is 0 Å². The molecule has 24 heavy (non-hydrogen) atoms. The predicted molar refractivity (Wildman–Crippen MR) is 96.5 cm³/mol. The highest BCUT2D eigenvalue weighted by Gasteiger charge is 2.29. The fourth-order valence-corrected chi connectivity index (χ4v) is 3.59. The molecular formula is C19H30N4O. The van der Waals surface area contributed by atoms with Gasteiger partial charge in [-0.15, -0.1) is 0 Å². The summed E-state index contributed by atoms with van der Waals surface area (Å²) in [6, 6.07) is 0.577. The molecule has 0 aliphatic rings. The van der Waals surface area contributed by atoms with E-state index in [-0.39, 0.29) is 29.7 Å². The molecule has 2 rings (SSSR count). The van der Waals surface area contributed by atoms with Crippen molar-refractivity contribution in [3.8, 4) is 0 Å². The Labute approximate surface area is 145 Å². The zero-order chi connectivity index (χ0) is 18.2. The van der Waals surface area contributed by atoms with Crippen molar-refractivity contribution in [3.63, 3.8) is 0 Å². The van der Waals surface area contributed by atoms with Crippen molar-refractivity contribution in [2.75, 3.05) is 0 Å². The van der Waals surface area contributed by atoms with Crippen LogP contribution in [-0.4, -0.2) is 24.9 Å². The third-order valence-electron chi connectivity index (χ3n) is 4.79. The molecule has 2 atom stereocenters. The zero-order valence-corrected chi connectivity index (χ0v) is 16.2. The fourth-order valence-electron chi connectivity index (χ4n) is 3.59. The molecule has 2 aromatic rings. The Morgan fingerprint density at radius 2 is 1.12 bits per heavy atom. The largest absolute Gasteiger partial charge is 0.329 e. The van der Waals surface area contributed by atoms with Crippen molar-refractivity contribution < 1.29 is 4.79 Å². The molecule has 2 heterocycles. The number of hydrogen-bond donors (Lipinski definition) is 0. The van der Waals surface area contributed by atoms with Gasteiger partial charge in [-0.1, -0.05) is 0 Å². The molecule has 0 aliphatic carbocycles. The van der Waals surface area contributed by atoms with Crippen molar-refractivity contribution in [1.29, 1.82) is 0 Å². The van der Waals surface area contributed by atoms with Crippen LogP contribution in [0, 0.1) is 13.8 Å². The number of aryl methyl sites for hydroxylation is 2. The lowest BCUT2D eigenvalue weighted by atomic mass is 9.90. The summed E-state index contributed by atoms with van der Waals surface area (Å²) < 4.78 is 4.31. The number of nitrogens with zero attached hydrogens (tertiary/aromatic N) is 4. The minimum Gasteiger partial charge on any atom is -0.329 e. The van der Waals surface area contributed by atoms with Gasteiger partial charge >= 0.3 is 0 Å². The molecule has 0 saturated heterocycles. The van der Waals surface area contributed by atoms with Crippen molar-refractivity contribution in [2.24, 2.45) is 0 Å². The van der Waals surface area contributed by atoms with Crippen LogP contribution in [-0.2, 0) is 4.79 Å². The highest BCUT2D eigenvalue weighted by molar-refractivity contribution is 5.90. The van der Waals surface area contributed by atoms with Gasteiger partial charge < -0.3 is 9.13 Å². The Kier molecular flexibility index (Phi) is 5.31. The molecule has 0 N–H and O–H groups in total. The Morgan fingerprint density at radius 1 is 0.792 bits per heavy atom. The molecule has 2 aromatic heterocycles. The second kappa shape index (κ2) is 6.91. The molecule has 0 aliphatic heterocycles. The van der Waals surface area contributed by atoms with Crippen molar-refractivity contribution in [3.05, 3.63) is 35.4 Å². The van der Waals surface area contributed by atoms with E-state index in [4.69, 9.17) is 0 Å². The van der Waals surface area contributed by atoms with Crippen LogP contribution in [0.25, 0.3) is 0 Å². The minimum absolute atomic E-state index is 0.195. The highest BCUT2D eigenvalue weighted by atomic mass is 16.1. The molecule has 2 unspecified atom stereocenters. The van der Waals surface area contributed by atoms with Gasteiger partial charge in [0.25, 0.3) is 0 Å². The smallest absolute Gasteiger partial charge is 0.150 e. The van der Waals surface area contributed by atoms with Gasteiger partial charge in [0.05, 0.1) is 11.8 Å². The number of carbonyl (C=O) groups excluding carboxylic acids is 1. The van der Waals surface area contributed by atoms with E-state index in [0.717, 1.165) is 23.0 Å². The van der Waals surface area contributed by atoms with Gasteiger partial charge in [-0.25, -0.2) is 9.97 Å². The van der Waals surface area contributed by atoms with Crippen LogP contribution in [0.5, 0.6) is 0 Å². The maximum atomic E-state index is 13.1. The van der Waals surface area contributed by atoms with E-state index in [0.29, 0.717) is 0 Å². The van der Waals surface area contributed by atoms with Gasteiger partial charge in [0.15, 0.2) is 0 Å². The van der Waals surface area contributed by atoms with E-state index in [1.54, 1.807) is 0 Å².